The highest BCUT2D eigenvalue weighted by molar-refractivity contribution is 7.89. The molecule has 0 aliphatic rings. The highest BCUT2D eigenvalue weighted by atomic mass is 32.2. The Hall–Kier alpha value is -2.70. The smallest absolute Gasteiger partial charge is 0.351 e. The molecule has 3 rings (SSSR count). The standard InChI is InChI=1S/C18H15NO4S/c1-13-9-11-15(12-10-13)24(21,22)19-23-18(20)17-8-4-6-14-5-2-3-7-16(14)17/h2-12,19H,1H3. The Balaban J connectivity index is 1.81. The van der Waals surface area contributed by atoms with Crippen LogP contribution in [0.2, 0.25) is 0 Å². The summed E-state index contributed by atoms with van der Waals surface area (Å²) < 4.78 is 24.3. The second-order valence-electron chi connectivity index (χ2n) is 5.32. The summed E-state index contributed by atoms with van der Waals surface area (Å²) in [7, 11) is -3.93. The van der Waals surface area contributed by atoms with Gasteiger partial charge in [0.15, 0.2) is 0 Å². The molecular weight excluding hydrogens is 326 g/mol. The summed E-state index contributed by atoms with van der Waals surface area (Å²) in [6, 6.07) is 18.7. The van der Waals surface area contributed by atoms with E-state index >= 15 is 0 Å². The minimum Gasteiger partial charge on any atom is -0.351 e. The van der Waals surface area contributed by atoms with Crippen molar-refractivity contribution in [3.05, 3.63) is 77.9 Å². The molecule has 3 aromatic carbocycles. The number of hydrogen-bond acceptors (Lipinski definition) is 4. The molecule has 24 heavy (non-hydrogen) atoms. The van der Waals surface area contributed by atoms with Crippen LogP contribution in [0.4, 0.5) is 0 Å². The maximum absolute atomic E-state index is 12.2. The van der Waals surface area contributed by atoms with Gasteiger partial charge in [-0.2, -0.15) is 0 Å². The number of aryl methyl sites for hydroxylation is 1. The fraction of sp³-hybridized carbons (Fsp3) is 0.0556. The molecule has 0 heterocycles. The Kier molecular flexibility index (Phi) is 4.33. The van der Waals surface area contributed by atoms with Gasteiger partial charge in [0, 0.05) is 0 Å². The Labute approximate surface area is 139 Å². The number of fused-ring (bicyclic) bond motifs is 1. The van der Waals surface area contributed by atoms with E-state index < -0.39 is 16.0 Å². The van der Waals surface area contributed by atoms with Crippen molar-refractivity contribution in [3.8, 4) is 0 Å². The number of rotatable bonds is 4. The summed E-state index contributed by atoms with van der Waals surface area (Å²) >= 11 is 0. The minimum absolute atomic E-state index is 0.0267. The van der Waals surface area contributed by atoms with Gasteiger partial charge in [-0.1, -0.05) is 54.1 Å². The van der Waals surface area contributed by atoms with Crippen molar-refractivity contribution in [3.63, 3.8) is 0 Å². The summed E-state index contributed by atoms with van der Waals surface area (Å²) in [6.07, 6.45) is 0. The number of hydrogen-bond donors (Lipinski definition) is 1. The number of sulfonamides is 1. The molecule has 0 saturated heterocycles. The zero-order chi connectivity index (χ0) is 17.2. The third kappa shape index (κ3) is 3.29. The molecular formula is C18H15NO4S. The lowest BCUT2D eigenvalue weighted by molar-refractivity contribution is 0.0410. The fourth-order valence-electron chi connectivity index (χ4n) is 2.32. The number of benzene rings is 3. The van der Waals surface area contributed by atoms with Crippen LogP contribution in [-0.2, 0) is 14.9 Å². The highest BCUT2D eigenvalue weighted by Gasteiger charge is 2.18. The van der Waals surface area contributed by atoms with Gasteiger partial charge in [0.1, 0.15) is 0 Å². The summed E-state index contributed by atoms with van der Waals surface area (Å²) in [5.74, 6) is -0.762. The number of nitrogens with one attached hydrogen (secondary N) is 1. The van der Waals surface area contributed by atoms with E-state index in [-0.39, 0.29) is 4.90 Å². The van der Waals surface area contributed by atoms with Crippen LogP contribution in [0.15, 0.2) is 71.6 Å². The quantitative estimate of drug-likeness (QED) is 0.740. The Morgan fingerprint density at radius 2 is 1.58 bits per heavy atom. The summed E-state index contributed by atoms with van der Waals surface area (Å²) in [5, 5.41) is 1.56. The first-order chi connectivity index (χ1) is 11.5. The third-order valence-electron chi connectivity index (χ3n) is 3.58. The molecule has 0 atom stereocenters. The Morgan fingerprint density at radius 1 is 0.917 bits per heavy atom. The molecule has 0 spiro atoms. The SMILES string of the molecule is Cc1ccc(S(=O)(=O)NOC(=O)c2cccc3ccccc23)cc1. The van der Waals surface area contributed by atoms with Gasteiger partial charge in [-0.15, -0.1) is 0 Å². The van der Waals surface area contributed by atoms with E-state index in [2.05, 4.69) is 0 Å². The van der Waals surface area contributed by atoms with Crippen molar-refractivity contribution in [2.45, 2.75) is 11.8 Å². The fourth-order valence-corrected chi connectivity index (χ4v) is 3.09. The molecule has 0 aromatic heterocycles. The van der Waals surface area contributed by atoms with Crippen LogP contribution < -0.4 is 4.89 Å². The molecule has 0 fully saturated rings. The van der Waals surface area contributed by atoms with Crippen LogP contribution in [0.25, 0.3) is 10.8 Å². The minimum atomic E-state index is -3.93. The van der Waals surface area contributed by atoms with Crippen LogP contribution >= 0.6 is 0 Å². The first kappa shape index (κ1) is 16.2. The van der Waals surface area contributed by atoms with Gasteiger partial charge in [0.2, 0.25) is 0 Å². The van der Waals surface area contributed by atoms with Gasteiger partial charge in [-0.05, 0) is 40.8 Å². The molecule has 0 saturated carbocycles. The molecule has 0 bridgehead atoms. The van der Waals surface area contributed by atoms with Crippen molar-refractivity contribution in [2.75, 3.05) is 0 Å². The van der Waals surface area contributed by atoms with E-state index in [1.807, 2.05) is 30.0 Å². The summed E-state index contributed by atoms with van der Waals surface area (Å²) in [6.45, 7) is 1.85. The predicted molar refractivity (Wildman–Crippen MR) is 90.9 cm³/mol. The van der Waals surface area contributed by atoms with Gasteiger partial charge in [0.25, 0.3) is 10.0 Å². The monoisotopic (exact) mass is 341 g/mol. The molecule has 0 aliphatic carbocycles. The molecule has 0 radical (unpaired) electrons. The third-order valence-corrected chi connectivity index (χ3v) is 4.78. The van der Waals surface area contributed by atoms with Crippen LogP contribution in [0.3, 0.4) is 0 Å². The largest absolute Gasteiger partial charge is 0.358 e. The lowest BCUT2D eigenvalue weighted by Gasteiger charge is -2.09. The topological polar surface area (TPSA) is 72.5 Å². The Bertz CT molecular complexity index is 990. The maximum Gasteiger partial charge on any atom is 0.358 e. The summed E-state index contributed by atoms with van der Waals surface area (Å²) in [5.41, 5.74) is 1.22. The summed E-state index contributed by atoms with van der Waals surface area (Å²) in [4.78, 5) is 19.0. The number of carbonyl (C=O) groups is 1. The van der Waals surface area contributed by atoms with E-state index in [1.165, 1.54) is 12.1 Å². The zero-order valence-electron chi connectivity index (χ0n) is 12.9. The molecule has 5 nitrogen and oxygen atoms in total. The van der Waals surface area contributed by atoms with E-state index in [0.717, 1.165) is 10.9 Å². The van der Waals surface area contributed by atoms with Crippen molar-refractivity contribution >= 4 is 26.8 Å². The van der Waals surface area contributed by atoms with E-state index in [1.54, 1.807) is 36.4 Å². The van der Waals surface area contributed by atoms with E-state index in [4.69, 9.17) is 4.84 Å². The van der Waals surface area contributed by atoms with Gasteiger partial charge in [0.05, 0.1) is 10.5 Å². The lowest BCUT2D eigenvalue weighted by atomic mass is 10.1. The molecule has 122 valence electrons. The zero-order valence-corrected chi connectivity index (χ0v) is 13.7. The van der Waals surface area contributed by atoms with Gasteiger partial charge in [-0.25, -0.2) is 13.2 Å². The molecule has 0 aliphatic heterocycles. The van der Waals surface area contributed by atoms with Gasteiger partial charge < -0.3 is 4.84 Å². The van der Waals surface area contributed by atoms with Crippen LogP contribution in [0, 0.1) is 6.92 Å². The van der Waals surface area contributed by atoms with E-state index in [0.29, 0.717) is 10.9 Å². The van der Waals surface area contributed by atoms with Crippen LogP contribution in [0.1, 0.15) is 15.9 Å². The van der Waals surface area contributed by atoms with Crippen molar-refractivity contribution < 1.29 is 18.0 Å². The highest BCUT2D eigenvalue weighted by Crippen LogP contribution is 2.19. The molecule has 6 heteroatoms. The van der Waals surface area contributed by atoms with Gasteiger partial charge >= 0.3 is 5.97 Å². The number of carbonyl (C=O) groups excluding carboxylic acids is 1. The van der Waals surface area contributed by atoms with Crippen molar-refractivity contribution in [1.29, 1.82) is 0 Å². The lowest BCUT2D eigenvalue weighted by Crippen LogP contribution is -2.27. The van der Waals surface area contributed by atoms with Crippen LogP contribution in [-0.4, -0.2) is 14.4 Å². The Morgan fingerprint density at radius 3 is 2.33 bits per heavy atom. The second kappa shape index (κ2) is 6.43. The first-order valence-electron chi connectivity index (χ1n) is 7.25. The molecule has 3 aromatic rings. The molecule has 1 N–H and O–H groups in total. The maximum atomic E-state index is 12.2. The first-order valence-corrected chi connectivity index (χ1v) is 8.73. The average molecular weight is 341 g/mol. The second-order valence-corrected chi connectivity index (χ2v) is 6.96. The van der Waals surface area contributed by atoms with E-state index in [9.17, 15) is 13.2 Å². The van der Waals surface area contributed by atoms with Crippen molar-refractivity contribution in [1.82, 2.24) is 4.89 Å². The average Bonchev–Trinajstić information content (AvgIpc) is 2.59. The normalized spacial score (nSPS) is 11.4. The predicted octanol–water partition coefficient (Wildman–Crippen LogP) is 3.20. The molecule has 0 amide bonds. The van der Waals surface area contributed by atoms with Crippen LogP contribution in [0.5, 0.6) is 0 Å². The van der Waals surface area contributed by atoms with Gasteiger partial charge in [-0.3, -0.25) is 0 Å². The van der Waals surface area contributed by atoms with Crippen molar-refractivity contribution in [2.24, 2.45) is 0 Å². The molecule has 0 unspecified atom stereocenters.